The van der Waals surface area contributed by atoms with Gasteiger partial charge in [0, 0.05) is 0 Å². The Morgan fingerprint density at radius 1 is 0.644 bits per heavy atom. The Morgan fingerprint density at radius 2 is 1.09 bits per heavy atom. The second kappa shape index (κ2) is 12.1. The molecular weight excluding hydrogens is 696 g/mol. The first-order valence-electron chi connectivity index (χ1n) is 14.5. The van der Waals surface area contributed by atoms with Gasteiger partial charge < -0.3 is 0 Å². The Kier molecular flexibility index (Phi) is 8.62. The van der Waals surface area contributed by atoms with Crippen molar-refractivity contribution in [2.24, 2.45) is 11.8 Å². The molecule has 0 spiro atoms. The maximum atomic E-state index is 14.2. The molecule has 0 aromatic heterocycles. The second-order valence-corrected chi connectivity index (χ2v) is 20.2. The van der Waals surface area contributed by atoms with Crippen molar-refractivity contribution in [1.29, 1.82) is 0 Å². The number of nitrogens with zero attached hydrogens (tertiary/aromatic N) is 2. The predicted molar refractivity (Wildman–Crippen MR) is 175 cm³/mol. The molecule has 7 rings (SSSR count). The molecule has 3 aliphatic rings. The fraction of sp³-hybridized carbons (Fsp3) is 0.273. The van der Waals surface area contributed by atoms with Crippen molar-refractivity contribution in [1.82, 2.24) is 8.02 Å². The van der Waals surface area contributed by atoms with E-state index in [0.717, 1.165) is 21.2 Å². The molecule has 4 aromatic carbocycles. The number of sulfonamides is 3. The minimum absolute atomic E-state index is 0.0314. The first-order valence-corrected chi connectivity index (χ1v) is 20.7. The van der Waals surface area contributed by atoms with Crippen LogP contribution in [-0.4, -0.2) is 67.4 Å². The maximum absolute atomic E-state index is 14.2. The number of hydrogen-bond acceptors (Lipinski definition) is 6. The Morgan fingerprint density at radius 3 is 1.56 bits per heavy atom. The second-order valence-electron chi connectivity index (χ2n) is 11.7. The summed E-state index contributed by atoms with van der Waals surface area (Å²) in [5, 5.41) is 0. The van der Waals surface area contributed by atoms with Crippen LogP contribution in [0.4, 0.5) is 0 Å². The van der Waals surface area contributed by atoms with Crippen LogP contribution in [-0.2, 0) is 30.1 Å². The normalized spacial score (nSPS) is 22.0. The first kappa shape index (κ1) is 32.1. The molecule has 2 saturated heterocycles. The number of hydrogen-bond donors (Lipinski definition) is 0. The quantitative estimate of drug-likeness (QED) is 0.228. The van der Waals surface area contributed by atoms with Crippen LogP contribution in [0, 0.1) is 32.6 Å². The van der Waals surface area contributed by atoms with Crippen molar-refractivity contribution in [2.75, 3.05) is 13.1 Å². The van der Waals surface area contributed by atoms with Crippen LogP contribution >= 0.6 is 0 Å². The molecule has 0 amide bonds. The van der Waals surface area contributed by atoms with Crippen LogP contribution < -0.4 is 4.46 Å². The third-order valence-corrected chi connectivity index (χ3v) is 17.8. The number of aryl methyl sites for hydroxylation is 3. The molecule has 8 nitrogen and oxygen atoms in total. The molecule has 236 valence electrons. The zero-order valence-corrected chi connectivity index (χ0v) is 29.2. The summed E-state index contributed by atoms with van der Waals surface area (Å²) in [6, 6.07) is 28.1. The van der Waals surface area contributed by atoms with Gasteiger partial charge in [0.05, 0.1) is 0 Å². The number of benzene rings is 4. The van der Waals surface area contributed by atoms with E-state index < -0.39 is 42.0 Å². The SMILES string of the molecule is Cc1ccc(S(=O)(=O)N2C[C@@H]3[C@H](CN(S(=O)(=O)c4ccc(C)cc4)S(=O)(=O)c4ccc(C)cc4)[C@H]2[C@@H]3[Se]c2ccccc2)cc1. The molecule has 12 heteroatoms. The van der Waals surface area contributed by atoms with Crippen molar-refractivity contribution in [3.05, 3.63) is 120 Å². The summed E-state index contributed by atoms with van der Waals surface area (Å²) in [4.78, 5) is -0.132. The van der Waals surface area contributed by atoms with Crippen LogP contribution in [0.25, 0.3) is 0 Å². The van der Waals surface area contributed by atoms with Crippen LogP contribution in [0.15, 0.2) is 118 Å². The molecule has 0 unspecified atom stereocenters. The minimum atomic E-state index is -4.53. The van der Waals surface area contributed by atoms with Crippen molar-refractivity contribution in [3.8, 4) is 0 Å². The van der Waals surface area contributed by atoms with Gasteiger partial charge in [-0.05, 0) is 0 Å². The van der Waals surface area contributed by atoms with Gasteiger partial charge in [-0.3, -0.25) is 0 Å². The predicted octanol–water partition coefficient (Wildman–Crippen LogP) is 4.13. The molecule has 0 radical (unpaired) electrons. The Hall–Kier alpha value is -2.83. The van der Waals surface area contributed by atoms with E-state index in [-0.39, 0.29) is 53.5 Å². The topological polar surface area (TPSA) is 109 Å². The molecule has 45 heavy (non-hydrogen) atoms. The van der Waals surface area contributed by atoms with E-state index in [1.807, 2.05) is 51.1 Å². The fourth-order valence-electron chi connectivity index (χ4n) is 6.11. The summed E-state index contributed by atoms with van der Waals surface area (Å²) < 4.78 is 87.8. The van der Waals surface area contributed by atoms with E-state index in [2.05, 4.69) is 0 Å². The van der Waals surface area contributed by atoms with Gasteiger partial charge in [-0.2, -0.15) is 0 Å². The van der Waals surface area contributed by atoms with Gasteiger partial charge in [-0.15, -0.1) is 0 Å². The Bertz CT molecular complexity index is 1940. The number of fused-ring (bicyclic) bond motifs is 1. The third kappa shape index (κ3) is 5.93. The first-order chi connectivity index (χ1) is 21.3. The van der Waals surface area contributed by atoms with Crippen molar-refractivity contribution >= 4 is 49.5 Å². The molecule has 2 heterocycles. The van der Waals surface area contributed by atoms with E-state index in [0.29, 0.717) is 3.71 Å². The summed E-state index contributed by atoms with van der Waals surface area (Å²) >= 11 is -0.110. The van der Waals surface area contributed by atoms with Gasteiger partial charge in [0.1, 0.15) is 0 Å². The molecule has 3 fully saturated rings. The molecule has 4 atom stereocenters. The summed E-state index contributed by atoms with van der Waals surface area (Å²) in [5.41, 5.74) is 2.60. The molecular formula is C33H34N2O6S3Se. The molecule has 4 aromatic rings. The Balaban J connectivity index is 1.41. The summed E-state index contributed by atoms with van der Waals surface area (Å²) in [7, 11) is -13.0. The summed E-state index contributed by atoms with van der Waals surface area (Å²) in [5.74, 6) is -0.722. The number of rotatable bonds is 10. The zero-order valence-electron chi connectivity index (χ0n) is 25.0. The van der Waals surface area contributed by atoms with E-state index in [1.54, 1.807) is 48.5 Å². The summed E-state index contributed by atoms with van der Waals surface area (Å²) in [6.07, 6.45) is 0. The summed E-state index contributed by atoms with van der Waals surface area (Å²) in [6.45, 7) is 5.37. The fourth-order valence-corrected chi connectivity index (χ4v) is 15.0. The van der Waals surface area contributed by atoms with Crippen LogP contribution in [0.3, 0.4) is 0 Å². The average molecular weight is 730 g/mol. The van der Waals surface area contributed by atoms with Gasteiger partial charge >= 0.3 is 274 Å². The zero-order chi connectivity index (χ0) is 32.1. The Labute approximate surface area is 272 Å². The van der Waals surface area contributed by atoms with Gasteiger partial charge in [0.25, 0.3) is 0 Å². The van der Waals surface area contributed by atoms with Crippen molar-refractivity contribution in [2.45, 2.75) is 46.3 Å². The molecule has 1 saturated carbocycles. The molecule has 1 aliphatic carbocycles. The van der Waals surface area contributed by atoms with E-state index in [9.17, 15) is 25.3 Å². The molecule has 2 aliphatic heterocycles. The van der Waals surface area contributed by atoms with Gasteiger partial charge in [0.2, 0.25) is 0 Å². The van der Waals surface area contributed by atoms with E-state index >= 15 is 0 Å². The standard InChI is InChI=1S/C33H34N2O6S3Se/c1-23-9-15-26(16-10-23)42(36,37)34-21-31-30(32(34)33(31)45-29-7-5-4-6-8-29)22-35(43(38,39)27-17-11-24(2)12-18-27)44(40,41)28-19-13-25(3)14-20-28/h4-20,30-33H,21-22H2,1-3H3/t30-,31+,32-,33+/m0/s1. The van der Waals surface area contributed by atoms with Crippen molar-refractivity contribution < 1.29 is 25.3 Å². The third-order valence-electron chi connectivity index (χ3n) is 8.65. The average Bonchev–Trinajstić information content (AvgIpc) is 3.59. The molecule has 2 bridgehead atoms. The molecule has 0 N–H and O–H groups in total. The van der Waals surface area contributed by atoms with Crippen LogP contribution in [0.1, 0.15) is 16.7 Å². The van der Waals surface area contributed by atoms with Gasteiger partial charge in [0.15, 0.2) is 0 Å². The van der Waals surface area contributed by atoms with Crippen LogP contribution in [0.2, 0.25) is 4.82 Å². The van der Waals surface area contributed by atoms with Crippen LogP contribution in [0.5, 0.6) is 0 Å². The van der Waals surface area contributed by atoms with Crippen molar-refractivity contribution in [3.63, 3.8) is 0 Å². The monoisotopic (exact) mass is 730 g/mol. The van der Waals surface area contributed by atoms with Gasteiger partial charge in [-0.25, -0.2) is 0 Å². The van der Waals surface area contributed by atoms with E-state index in [1.165, 1.54) is 28.6 Å². The van der Waals surface area contributed by atoms with E-state index in [4.69, 9.17) is 0 Å². The van der Waals surface area contributed by atoms with Gasteiger partial charge in [-0.1, -0.05) is 0 Å².